The van der Waals surface area contributed by atoms with E-state index in [4.69, 9.17) is 0 Å². The summed E-state index contributed by atoms with van der Waals surface area (Å²) >= 11 is 1.48. The third-order valence-electron chi connectivity index (χ3n) is 2.33. The molecule has 0 fully saturated rings. The normalized spacial score (nSPS) is 12.5. The van der Waals surface area contributed by atoms with Crippen molar-refractivity contribution in [3.05, 3.63) is 41.6 Å². The molecule has 1 atom stereocenters. The largest absolute Gasteiger partial charge is 0.207 e. The maximum absolute atomic E-state index is 13.6. The minimum Gasteiger partial charge on any atom is -0.207 e. The lowest BCUT2D eigenvalue weighted by Crippen LogP contribution is -1.98. The van der Waals surface area contributed by atoms with Crippen LogP contribution in [0.5, 0.6) is 0 Å². The number of halogens is 1. The fraction of sp³-hybridized carbons (Fsp3) is 0.333. The molecule has 0 aliphatic carbocycles. The lowest BCUT2D eigenvalue weighted by Gasteiger charge is -2.14. The molecular formula is C12H15FS. The van der Waals surface area contributed by atoms with Gasteiger partial charge < -0.3 is 0 Å². The first-order chi connectivity index (χ1) is 6.70. The highest BCUT2D eigenvalue weighted by Crippen LogP contribution is 2.32. The van der Waals surface area contributed by atoms with Crippen molar-refractivity contribution in [2.75, 3.05) is 0 Å². The van der Waals surface area contributed by atoms with Crippen LogP contribution in [0, 0.1) is 5.82 Å². The maximum Gasteiger partial charge on any atom is 0.127 e. The van der Waals surface area contributed by atoms with Crippen molar-refractivity contribution >= 4 is 11.8 Å². The predicted molar refractivity (Wildman–Crippen MR) is 61.2 cm³/mol. The molecule has 0 N–H and O–H groups in total. The van der Waals surface area contributed by atoms with Crippen LogP contribution < -0.4 is 0 Å². The summed E-state index contributed by atoms with van der Waals surface area (Å²) in [5.74, 6) is 0.157. The third-order valence-corrected chi connectivity index (χ3v) is 3.10. The summed E-state index contributed by atoms with van der Waals surface area (Å²) in [5, 5.41) is 1.74. The average molecular weight is 210 g/mol. The second-order valence-electron chi connectivity index (χ2n) is 3.25. The quantitative estimate of drug-likeness (QED) is 0.656. The zero-order valence-corrected chi connectivity index (χ0v) is 9.40. The predicted octanol–water partition coefficient (Wildman–Crippen LogP) is 4.57. The second-order valence-corrected chi connectivity index (χ2v) is 4.25. The van der Waals surface area contributed by atoms with E-state index in [0.29, 0.717) is 0 Å². The molecular weight excluding hydrogens is 195 g/mol. The van der Waals surface area contributed by atoms with E-state index < -0.39 is 0 Å². The van der Waals surface area contributed by atoms with E-state index in [2.05, 4.69) is 13.5 Å². The van der Waals surface area contributed by atoms with Crippen LogP contribution in [-0.4, -0.2) is 0 Å². The van der Waals surface area contributed by atoms with E-state index in [1.807, 2.05) is 13.0 Å². The molecule has 0 saturated heterocycles. The SMILES string of the molecule is C=CSc1cccc(F)c1C(C)CC. The first kappa shape index (κ1) is 11.3. The van der Waals surface area contributed by atoms with Crippen LogP contribution in [0.3, 0.4) is 0 Å². The molecule has 1 unspecified atom stereocenters. The van der Waals surface area contributed by atoms with E-state index in [-0.39, 0.29) is 11.7 Å². The molecule has 0 amide bonds. The van der Waals surface area contributed by atoms with E-state index in [1.165, 1.54) is 17.8 Å². The van der Waals surface area contributed by atoms with Gasteiger partial charge in [-0.15, -0.1) is 0 Å². The van der Waals surface area contributed by atoms with Gasteiger partial charge in [-0.05, 0) is 29.9 Å². The Morgan fingerprint density at radius 1 is 1.57 bits per heavy atom. The van der Waals surface area contributed by atoms with Gasteiger partial charge in [-0.2, -0.15) is 0 Å². The van der Waals surface area contributed by atoms with Crippen LogP contribution in [0.4, 0.5) is 4.39 Å². The summed E-state index contributed by atoms with van der Waals surface area (Å²) in [5.41, 5.74) is 0.819. The summed E-state index contributed by atoms with van der Waals surface area (Å²) in [6, 6.07) is 5.21. The number of hydrogen-bond donors (Lipinski definition) is 0. The number of thioether (sulfide) groups is 1. The molecule has 0 heterocycles. The summed E-state index contributed by atoms with van der Waals surface area (Å²) in [4.78, 5) is 0.981. The fourth-order valence-corrected chi connectivity index (χ4v) is 2.15. The molecule has 2 heteroatoms. The van der Waals surface area contributed by atoms with Crippen molar-refractivity contribution in [3.8, 4) is 0 Å². The molecule has 0 aliphatic rings. The topological polar surface area (TPSA) is 0 Å². The number of hydrogen-bond acceptors (Lipinski definition) is 1. The molecule has 0 aliphatic heterocycles. The highest BCUT2D eigenvalue weighted by molar-refractivity contribution is 8.02. The van der Waals surface area contributed by atoms with Gasteiger partial charge in [0.05, 0.1) is 0 Å². The van der Waals surface area contributed by atoms with Crippen LogP contribution in [0.25, 0.3) is 0 Å². The standard InChI is InChI=1S/C12H15FS/c1-4-9(3)12-10(13)7-6-8-11(12)14-5-2/h5-9H,2,4H2,1,3H3. The lowest BCUT2D eigenvalue weighted by atomic mass is 9.98. The summed E-state index contributed by atoms with van der Waals surface area (Å²) in [6.45, 7) is 7.77. The van der Waals surface area contributed by atoms with E-state index in [0.717, 1.165) is 16.9 Å². The Morgan fingerprint density at radius 3 is 2.86 bits per heavy atom. The Kier molecular flexibility index (Phi) is 4.21. The van der Waals surface area contributed by atoms with Crippen molar-refractivity contribution in [1.82, 2.24) is 0 Å². The van der Waals surface area contributed by atoms with Crippen molar-refractivity contribution in [2.45, 2.75) is 31.1 Å². The summed E-state index contributed by atoms with van der Waals surface area (Å²) < 4.78 is 13.6. The maximum atomic E-state index is 13.6. The smallest absolute Gasteiger partial charge is 0.127 e. The molecule has 0 bridgehead atoms. The monoisotopic (exact) mass is 210 g/mol. The van der Waals surface area contributed by atoms with Gasteiger partial charge in [0.1, 0.15) is 5.82 Å². The van der Waals surface area contributed by atoms with Crippen LogP contribution in [0.15, 0.2) is 35.1 Å². The van der Waals surface area contributed by atoms with Gasteiger partial charge in [-0.3, -0.25) is 0 Å². The van der Waals surface area contributed by atoms with Crippen LogP contribution >= 0.6 is 11.8 Å². The van der Waals surface area contributed by atoms with Gasteiger partial charge in [0.2, 0.25) is 0 Å². The van der Waals surface area contributed by atoms with Gasteiger partial charge in [0.15, 0.2) is 0 Å². The molecule has 0 nitrogen and oxygen atoms in total. The Balaban J connectivity index is 3.14. The molecule has 1 aromatic rings. The minimum atomic E-state index is -0.105. The Morgan fingerprint density at radius 2 is 2.29 bits per heavy atom. The van der Waals surface area contributed by atoms with Gasteiger partial charge in [-0.25, -0.2) is 4.39 Å². The second kappa shape index (κ2) is 5.20. The zero-order chi connectivity index (χ0) is 10.6. The average Bonchev–Trinajstić information content (AvgIpc) is 2.18. The molecule has 0 saturated carbocycles. The van der Waals surface area contributed by atoms with Gasteiger partial charge in [0, 0.05) is 10.5 Å². The van der Waals surface area contributed by atoms with Crippen molar-refractivity contribution < 1.29 is 4.39 Å². The molecule has 76 valence electrons. The van der Waals surface area contributed by atoms with E-state index in [9.17, 15) is 4.39 Å². The Hall–Kier alpha value is -0.760. The van der Waals surface area contributed by atoms with Gasteiger partial charge in [-0.1, -0.05) is 38.3 Å². The van der Waals surface area contributed by atoms with Gasteiger partial charge in [0.25, 0.3) is 0 Å². The van der Waals surface area contributed by atoms with E-state index >= 15 is 0 Å². The molecule has 14 heavy (non-hydrogen) atoms. The number of benzene rings is 1. The zero-order valence-electron chi connectivity index (χ0n) is 8.59. The first-order valence-corrected chi connectivity index (χ1v) is 5.64. The van der Waals surface area contributed by atoms with Crippen molar-refractivity contribution in [2.24, 2.45) is 0 Å². The highest BCUT2D eigenvalue weighted by Gasteiger charge is 2.13. The first-order valence-electron chi connectivity index (χ1n) is 4.76. The summed E-state index contributed by atoms with van der Waals surface area (Å²) in [7, 11) is 0. The molecule has 1 rings (SSSR count). The Labute approximate surface area is 89.2 Å². The van der Waals surface area contributed by atoms with Crippen molar-refractivity contribution in [3.63, 3.8) is 0 Å². The molecule has 0 spiro atoms. The summed E-state index contributed by atoms with van der Waals surface area (Å²) in [6.07, 6.45) is 0.950. The van der Waals surface area contributed by atoms with Crippen molar-refractivity contribution in [1.29, 1.82) is 0 Å². The number of rotatable bonds is 4. The van der Waals surface area contributed by atoms with Gasteiger partial charge >= 0.3 is 0 Å². The van der Waals surface area contributed by atoms with Crippen LogP contribution in [-0.2, 0) is 0 Å². The van der Waals surface area contributed by atoms with Crippen LogP contribution in [0.2, 0.25) is 0 Å². The Bertz CT molecular complexity index is 320. The fourth-order valence-electron chi connectivity index (χ4n) is 1.39. The van der Waals surface area contributed by atoms with Crippen LogP contribution in [0.1, 0.15) is 31.7 Å². The lowest BCUT2D eigenvalue weighted by molar-refractivity contribution is 0.575. The minimum absolute atomic E-state index is 0.105. The van der Waals surface area contributed by atoms with E-state index in [1.54, 1.807) is 11.5 Å². The third kappa shape index (κ3) is 2.38. The highest BCUT2D eigenvalue weighted by atomic mass is 32.2. The molecule has 1 aromatic carbocycles. The molecule has 0 radical (unpaired) electrons. The molecule has 0 aromatic heterocycles.